The zero-order valence-corrected chi connectivity index (χ0v) is 6.07. The number of hydrogen-bond acceptors (Lipinski definition) is 3. The molecule has 2 fully saturated rings. The lowest BCUT2D eigenvalue weighted by molar-refractivity contribution is 0.0821. The van der Waals surface area contributed by atoms with Crippen molar-refractivity contribution in [3.63, 3.8) is 0 Å². The van der Waals surface area contributed by atoms with Gasteiger partial charge in [-0.05, 0) is 6.08 Å². The summed E-state index contributed by atoms with van der Waals surface area (Å²) in [5.74, 6) is -1.10. The van der Waals surface area contributed by atoms with Gasteiger partial charge >= 0.3 is 0 Å². The van der Waals surface area contributed by atoms with Crippen molar-refractivity contribution in [1.82, 2.24) is 0 Å². The first-order chi connectivity index (χ1) is 4.66. The highest BCUT2D eigenvalue weighted by molar-refractivity contribution is 6.18. The maximum atomic E-state index is 9.47. The Morgan fingerprint density at radius 2 is 2.40 bits per heavy atom. The highest BCUT2D eigenvalue weighted by Gasteiger charge is 2.77. The van der Waals surface area contributed by atoms with Crippen LogP contribution < -0.4 is 0 Å². The van der Waals surface area contributed by atoms with Gasteiger partial charge in [-0.3, -0.25) is 0 Å². The van der Waals surface area contributed by atoms with Crippen LogP contribution in [0.4, 0.5) is 0 Å². The van der Waals surface area contributed by atoms with E-state index in [4.69, 9.17) is 9.47 Å². The monoisotopic (exact) mass is 153 g/mol. The number of aliphatic hydroxyl groups is 1. The van der Waals surface area contributed by atoms with Crippen molar-refractivity contribution in [1.29, 1.82) is 0 Å². The molecule has 1 N–H and O–H groups in total. The molecule has 0 spiro atoms. The fourth-order valence-corrected chi connectivity index (χ4v) is 1.93. The summed E-state index contributed by atoms with van der Waals surface area (Å²) in [5.41, 5.74) is 0. The van der Waals surface area contributed by atoms with Crippen molar-refractivity contribution < 1.29 is 14.6 Å². The predicted molar refractivity (Wildman–Crippen MR) is 32.3 cm³/mol. The molecule has 0 bridgehead atoms. The van der Waals surface area contributed by atoms with Crippen molar-refractivity contribution in [3.8, 4) is 0 Å². The number of fused-ring (bicyclic) bond motifs is 3. The van der Waals surface area contributed by atoms with E-state index >= 15 is 0 Å². The molecule has 3 nitrogen and oxygen atoms in total. The largest absolute Gasteiger partial charge is 0.362 e. The van der Waals surface area contributed by atoms with Crippen LogP contribution in [0.2, 0.25) is 0 Å². The van der Waals surface area contributed by atoms with Crippen molar-refractivity contribution in [2.24, 2.45) is 0 Å². The van der Waals surface area contributed by atoms with Crippen LogP contribution in [0.5, 0.6) is 0 Å². The van der Waals surface area contributed by atoms with Gasteiger partial charge in [-0.2, -0.15) is 0 Å². The molecule has 4 heteroatoms. The lowest BCUT2D eigenvalue weighted by atomic mass is 10.1. The molecule has 2 saturated heterocycles. The van der Waals surface area contributed by atoms with Gasteiger partial charge in [0.2, 0.25) is 5.79 Å². The van der Waals surface area contributed by atoms with Crippen LogP contribution in [0, 0.1) is 0 Å². The van der Waals surface area contributed by atoms with Crippen LogP contribution in [0.1, 0.15) is 0 Å². The number of rotatable bonds is 0. The number of ether oxygens (including phenoxy) is 2. The van der Waals surface area contributed by atoms with Gasteiger partial charge in [-0.25, -0.2) is 0 Å². The third-order valence-corrected chi connectivity index (χ3v) is 2.99. The first-order valence-electron chi connectivity index (χ1n) is 3.18. The van der Waals surface area contributed by atoms with Crippen LogP contribution in [-0.2, 0) is 9.47 Å². The van der Waals surface area contributed by atoms with Crippen LogP contribution in [0.3, 0.4) is 0 Å². The minimum atomic E-state index is -1.10. The molecule has 2 heterocycles. The second-order valence-corrected chi connectivity index (χ2v) is 3.66. The van der Waals surface area contributed by atoms with Crippen LogP contribution in [0.25, 0.3) is 0 Å². The van der Waals surface area contributed by atoms with E-state index < -0.39 is 11.0 Å². The van der Waals surface area contributed by atoms with Gasteiger partial charge in [0.25, 0.3) is 0 Å². The molecule has 4 unspecified atom stereocenters. The summed E-state index contributed by atoms with van der Waals surface area (Å²) < 4.78 is 10.2. The van der Waals surface area contributed by atoms with Crippen LogP contribution in [0.15, 0.2) is 12.2 Å². The standard InChI is InChI=1S/C6H5O3Si/c7-5-2-1-3-4(8-3)6(5,10)9-5/h1-4,7H. The van der Waals surface area contributed by atoms with Crippen molar-refractivity contribution in [2.75, 3.05) is 0 Å². The molecule has 51 valence electrons. The lowest BCUT2D eigenvalue weighted by Crippen LogP contribution is -2.33. The fraction of sp³-hybridized carbons (Fsp3) is 0.667. The smallest absolute Gasteiger partial charge is 0.214 e. The van der Waals surface area contributed by atoms with E-state index in [1.807, 2.05) is 6.08 Å². The van der Waals surface area contributed by atoms with E-state index in [0.717, 1.165) is 0 Å². The summed E-state index contributed by atoms with van der Waals surface area (Å²) in [6.07, 6.45) is 3.63. The van der Waals surface area contributed by atoms with Crippen LogP contribution in [-0.4, -0.2) is 38.6 Å². The lowest BCUT2D eigenvalue weighted by Gasteiger charge is -2.06. The Morgan fingerprint density at radius 1 is 1.60 bits per heavy atom. The topological polar surface area (TPSA) is 45.3 Å². The molecule has 1 aliphatic carbocycles. The van der Waals surface area contributed by atoms with Crippen molar-refractivity contribution >= 4 is 10.2 Å². The van der Waals surface area contributed by atoms with Gasteiger partial charge in [0.1, 0.15) is 17.4 Å². The number of hydrogen-bond donors (Lipinski definition) is 1. The van der Waals surface area contributed by atoms with E-state index in [1.54, 1.807) is 6.08 Å². The third kappa shape index (κ3) is 0.385. The van der Waals surface area contributed by atoms with E-state index in [0.29, 0.717) is 0 Å². The van der Waals surface area contributed by atoms with Crippen molar-refractivity contribution in [3.05, 3.63) is 12.2 Å². The SMILES string of the molecule is OC12C=CC3OC3C1([Si])O2. The minimum absolute atomic E-state index is 0.0131. The van der Waals surface area contributed by atoms with Crippen LogP contribution >= 0.6 is 0 Å². The maximum absolute atomic E-state index is 9.47. The molecule has 3 radical (unpaired) electrons. The second kappa shape index (κ2) is 1.14. The minimum Gasteiger partial charge on any atom is -0.362 e. The van der Waals surface area contributed by atoms with Gasteiger partial charge in [-0.1, -0.05) is 6.08 Å². The number of epoxide rings is 2. The summed E-state index contributed by atoms with van der Waals surface area (Å²) in [7, 11) is 3.33. The first-order valence-corrected chi connectivity index (χ1v) is 3.68. The molecule has 4 atom stereocenters. The molecular formula is C6H5O3Si. The predicted octanol–water partition coefficient (Wildman–Crippen LogP) is -1.09. The van der Waals surface area contributed by atoms with Gasteiger partial charge in [0.15, 0.2) is 0 Å². The molecule has 0 amide bonds. The maximum Gasteiger partial charge on any atom is 0.214 e. The Kier molecular flexibility index (Phi) is 0.624. The molecular weight excluding hydrogens is 148 g/mol. The molecule has 0 aromatic carbocycles. The van der Waals surface area contributed by atoms with E-state index in [9.17, 15) is 5.11 Å². The highest BCUT2D eigenvalue weighted by Crippen LogP contribution is 2.57. The van der Waals surface area contributed by atoms with E-state index in [1.165, 1.54) is 0 Å². The summed E-state index contributed by atoms with van der Waals surface area (Å²) in [6.45, 7) is 0. The Labute approximate surface area is 61.0 Å². The molecule has 3 rings (SSSR count). The van der Waals surface area contributed by atoms with Gasteiger partial charge in [0.05, 0.1) is 10.2 Å². The van der Waals surface area contributed by atoms with Crippen molar-refractivity contribution in [2.45, 2.75) is 23.2 Å². The van der Waals surface area contributed by atoms with Gasteiger partial charge in [-0.15, -0.1) is 0 Å². The summed E-state index contributed by atoms with van der Waals surface area (Å²) in [4.78, 5) is 0. The fourth-order valence-electron chi connectivity index (χ4n) is 1.46. The second-order valence-electron chi connectivity index (χ2n) is 2.91. The molecule has 10 heavy (non-hydrogen) atoms. The molecule has 2 aliphatic heterocycles. The van der Waals surface area contributed by atoms with Gasteiger partial charge < -0.3 is 14.6 Å². The third-order valence-electron chi connectivity index (χ3n) is 2.25. The average Bonchev–Trinajstić information content (AvgIpc) is 2.64. The zero-order chi connectivity index (χ0) is 6.98. The quantitative estimate of drug-likeness (QED) is 0.273. The van der Waals surface area contributed by atoms with Gasteiger partial charge in [0, 0.05) is 0 Å². The summed E-state index contributed by atoms with van der Waals surface area (Å²) in [6, 6.07) is 0. The molecule has 0 aromatic rings. The average molecular weight is 153 g/mol. The Hall–Kier alpha value is -0.163. The van der Waals surface area contributed by atoms with E-state index in [-0.39, 0.29) is 12.2 Å². The van der Waals surface area contributed by atoms with E-state index in [2.05, 4.69) is 10.2 Å². The Balaban J connectivity index is 2.09. The summed E-state index contributed by atoms with van der Waals surface area (Å²) >= 11 is 0. The molecule has 0 aromatic heterocycles. The highest BCUT2D eigenvalue weighted by atomic mass is 28.1. The zero-order valence-electron chi connectivity index (χ0n) is 5.07. The Bertz CT molecular complexity index is 241. The molecule has 3 aliphatic rings. The first kappa shape index (κ1) is 5.48. The normalized spacial score (nSPS) is 68.6. The molecule has 0 saturated carbocycles. The summed E-state index contributed by atoms with van der Waals surface area (Å²) in [5, 5.41) is 8.83. The Morgan fingerprint density at radius 3 is 3.10 bits per heavy atom.